The summed E-state index contributed by atoms with van der Waals surface area (Å²) >= 11 is 1.33. The molecule has 0 spiro atoms. The van der Waals surface area contributed by atoms with Crippen LogP contribution in [0.4, 0.5) is 0 Å². The normalized spacial score (nSPS) is 13.9. The third-order valence-electron chi connectivity index (χ3n) is 3.93. The number of hydrogen-bond acceptors (Lipinski definition) is 4. The van der Waals surface area contributed by atoms with Crippen LogP contribution in [0.25, 0.3) is 0 Å². The molecule has 0 radical (unpaired) electrons. The standard InChI is InChI=1S/C17H17N3OS/c1-11-8-15(12(2)20(11)14-5-6-14)16(21)10-22-17-13(9-18)4-3-7-19-17/h3-4,7-8,14H,5-6,10H2,1-2H3. The number of pyridine rings is 1. The average molecular weight is 311 g/mol. The van der Waals surface area contributed by atoms with Crippen molar-refractivity contribution < 1.29 is 4.79 Å². The summed E-state index contributed by atoms with van der Waals surface area (Å²) in [5.41, 5.74) is 3.53. The van der Waals surface area contributed by atoms with E-state index in [1.165, 1.54) is 24.6 Å². The number of hydrogen-bond donors (Lipinski definition) is 0. The van der Waals surface area contributed by atoms with Crippen molar-refractivity contribution in [3.05, 3.63) is 46.9 Å². The molecule has 112 valence electrons. The molecule has 22 heavy (non-hydrogen) atoms. The van der Waals surface area contributed by atoms with Crippen molar-refractivity contribution in [1.82, 2.24) is 9.55 Å². The molecule has 2 heterocycles. The summed E-state index contributed by atoms with van der Waals surface area (Å²) < 4.78 is 2.28. The van der Waals surface area contributed by atoms with E-state index in [-0.39, 0.29) is 5.78 Å². The Morgan fingerprint density at radius 3 is 2.95 bits per heavy atom. The monoisotopic (exact) mass is 311 g/mol. The maximum Gasteiger partial charge on any atom is 0.174 e. The summed E-state index contributed by atoms with van der Waals surface area (Å²) in [6.45, 7) is 4.08. The number of carbonyl (C=O) groups is 1. The number of aryl methyl sites for hydroxylation is 1. The van der Waals surface area contributed by atoms with Gasteiger partial charge in [0.2, 0.25) is 0 Å². The Bertz CT molecular complexity index is 769. The molecule has 0 bridgehead atoms. The van der Waals surface area contributed by atoms with Crippen LogP contribution in [-0.4, -0.2) is 21.1 Å². The number of thioether (sulfide) groups is 1. The van der Waals surface area contributed by atoms with Crippen molar-refractivity contribution in [3.8, 4) is 6.07 Å². The minimum Gasteiger partial charge on any atom is -0.345 e. The van der Waals surface area contributed by atoms with Gasteiger partial charge in [-0.15, -0.1) is 0 Å². The Hall–Kier alpha value is -2.06. The zero-order valence-corrected chi connectivity index (χ0v) is 13.5. The molecule has 0 amide bonds. The molecule has 3 rings (SSSR count). The molecular weight excluding hydrogens is 294 g/mol. The molecule has 1 aliphatic rings. The third-order valence-corrected chi connectivity index (χ3v) is 4.93. The first-order valence-electron chi connectivity index (χ1n) is 7.31. The van der Waals surface area contributed by atoms with Crippen LogP contribution in [-0.2, 0) is 0 Å². The van der Waals surface area contributed by atoms with Crippen LogP contribution in [0.1, 0.15) is 46.2 Å². The van der Waals surface area contributed by atoms with E-state index in [2.05, 4.69) is 22.5 Å². The van der Waals surface area contributed by atoms with Gasteiger partial charge in [-0.05, 0) is 44.9 Å². The summed E-state index contributed by atoms with van der Waals surface area (Å²) in [7, 11) is 0. The Morgan fingerprint density at radius 1 is 1.50 bits per heavy atom. The highest BCUT2D eigenvalue weighted by Crippen LogP contribution is 2.38. The quantitative estimate of drug-likeness (QED) is 0.624. The zero-order chi connectivity index (χ0) is 15.7. The Kier molecular flexibility index (Phi) is 4.04. The molecule has 4 nitrogen and oxygen atoms in total. The Morgan fingerprint density at radius 2 is 2.27 bits per heavy atom. The maximum absolute atomic E-state index is 12.5. The van der Waals surface area contributed by atoms with Gasteiger partial charge in [0.05, 0.1) is 11.3 Å². The molecule has 0 N–H and O–H groups in total. The van der Waals surface area contributed by atoms with E-state index in [0.717, 1.165) is 17.0 Å². The van der Waals surface area contributed by atoms with Gasteiger partial charge in [0.15, 0.2) is 5.78 Å². The highest BCUT2D eigenvalue weighted by molar-refractivity contribution is 8.00. The first kappa shape index (κ1) is 14.9. The number of carbonyl (C=O) groups excluding carboxylic acids is 1. The number of ketones is 1. The molecule has 0 aromatic carbocycles. The largest absolute Gasteiger partial charge is 0.345 e. The lowest BCUT2D eigenvalue weighted by molar-refractivity contribution is 0.102. The van der Waals surface area contributed by atoms with Gasteiger partial charge in [0.25, 0.3) is 0 Å². The van der Waals surface area contributed by atoms with Gasteiger partial charge >= 0.3 is 0 Å². The average Bonchev–Trinajstić information content (AvgIpc) is 3.30. The van der Waals surface area contributed by atoms with Crippen LogP contribution in [0.2, 0.25) is 0 Å². The minimum absolute atomic E-state index is 0.0968. The van der Waals surface area contributed by atoms with E-state index in [9.17, 15) is 4.79 Å². The number of aromatic nitrogens is 2. The van der Waals surface area contributed by atoms with E-state index in [4.69, 9.17) is 5.26 Å². The molecule has 2 aromatic heterocycles. The second-order valence-corrected chi connectivity index (χ2v) is 6.53. The highest BCUT2D eigenvalue weighted by atomic mass is 32.2. The van der Waals surface area contributed by atoms with Gasteiger partial charge in [-0.3, -0.25) is 4.79 Å². The Labute approximate surface area is 134 Å². The van der Waals surface area contributed by atoms with Crippen LogP contribution in [0.15, 0.2) is 29.4 Å². The van der Waals surface area contributed by atoms with E-state index in [1.807, 2.05) is 13.0 Å². The van der Waals surface area contributed by atoms with Gasteiger partial charge in [-0.1, -0.05) is 11.8 Å². The van der Waals surface area contributed by atoms with Crippen LogP contribution in [0.5, 0.6) is 0 Å². The smallest absolute Gasteiger partial charge is 0.174 e. The molecule has 1 fully saturated rings. The fraction of sp³-hybridized carbons (Fsp3) is 0.353. The summed E-state index contributed by atoms with van der Waals surface area (Å²) in [5.74, 6) is 0.403. The molecule has 2 aromatic rings. The van der Waals surface area contributed by atoms with Crippen molar-refractivity contribution >= 4 is 17.5 Å². The maximum atomic E-state index is 12.5. The third kappa shape index (κ3) is 2.79. The molecule has 0 unspecified atom stereocenters. The number of nitriles is 1. The lowest BCUT2D eigenvalue weighted by Gasteiger charge is -2.07. The SMILES string of the molecule is Cc1cc(C(=O)CSc2ncccc2C#N)c(C)n1C1CC1. The van der Waals surface area contributed by atoms with Crippen LogP contribution in [0, 0.1) is 25.2 Å². The molecule has 0 atom stereocenters. The van der Waals surface area contributed by atoms with Crippen molar-refractivity contribution in [3.63, 3.8) is 0 Å². The second kappa shape index (κ2) is 5.98. The molecule has 5 heteroatoms. The molecule has 1 aliphatic carbocycles. The fourth-order valence-electron chi connectivity index (χ4n) is 2.76. The number of Topliss-reactive ketones (excluding diaryl/α,β-unsaturated/α-hetero) is 1. The van der Waals surface area contributed by atoms with Crippen LogP contribution < -0.4 is 0 Å². The van der Waals surface area contributed by atoms with Gasteiger partial charge in [-0.2, -0.15) is 5.26 Å². The van der Waals surface area contributed by atoms with E-state index in [1.54, 1.807) is 18.3 Å². The molecular formula is C17H17N3OS. The highest BCUT2D eigenvalue weighted by Gasteiger charge is 2.28. The van der Waals surface area contributed by atoms with Crippen molar-refractivity contribution in [2.45, 2.75) is 37.8 Å². The molecule has 1 saturated carbocycles. The summed E-state index contributed by atoms with van der Waals surface area (Å²) in [6.07, 6.45) is 4.06. The summed E-state index contributed by atoms with van der Waals surface area (Å²) in [5, 5.41) is 9.68. The first-order valence-corrected chi connectivity index (χ1v) is 8.30. The van der Waals surface area contributed by atoms with Crippen molar-refractivity contribution in [1.29, 1.82) is 5.26 Å². The lowest BCUT2D eigenvalue weighted by atomic mass is 10.2. The van der Waals surface area contributed by atoms with E-state index < -0.39 is 0 Å². The number of rotatable bonds is 5. The minimum atomic E-state index is 0.0968. The predicted molar refractivity (Wildman–Crippen MR) is 86.2 cm³/mol. The lowest BCUT2D eigenvalue weighted by Crippen LogP contribution is -2.06. The Balaban J connectivity index is 1.75. The number of nitrogens with zero attached hydrogens (tertiary/aromatic N) is 3. The van der Waals surface area contributed by atoms with Crippen LogP contribution in [0.3, 0.4) is 0 Å². The summed E-state index contributed by atoms with van der Waals surface area (Å²) in [6, 6.07) is 8.12. The molecule has 0 aliphatic heterocycles. The topological polar surface area (TPSA) is 58.7 Å². The van der Waals surface area contributed by atoms with Crippen LogP contribution >= 0.6 is 11.8 Å². The van der Waals surface area contributed by atoms with Gasteiger partial charge in [0.1, 0.15) is 11.1 Å². The first-order chi connectivity index (χ1) is 10.6. The van der Waals surface area contributed by atoms with E-state index in [0.29, 0.717) is 22.4 Å². The zero-order valence-electron chi connectivity index (χ0n) is 12.7. The fourth-order valence-corrected chi connectivity index (χ4v) is 3.58. The van der Waals surface area contributed by atoms with Crippen molar-refractivity contribution in [2.75, 3.05) is 5.75 Å². The second-order valence-electron chi connectivity index (χ2n) is 5.57. The van der Waals surface area contributed by atoms with Gasteiger partial charge in [0, 0.05) is 29.2 Å². The predicted octanol–water partition coefficient (Wildman–Crippen LogP) is 3.68. The van der Waals surface area contributed by atoms with Gasteiger partial charge < -0.3 is 4.57 Å². The molecule has 0 saturated heterocycles. The van der Waals surface area contributed by atoms with Crippen molar-refractivity contribution in [2.24, 2.45) is 0 Å². The summed E-state index contributed by atoms with van der Waals surface area (Å²) in [4.78, 5) is 16.7. The van der Waals surface area contributed by atoms with E-state index >= 15 is 0 Å². The van der Waals surface area contributed by atoms with Gasteiger partial charge in [-0.25, -0.2) is 4.98 Å².